The highest BCUT2D eigenvalue weighted by Crippen LogP contribution is 2.33. The molecule has 0 radical (unpaired) electrons. The predicted molar refractivity (Wildman–Crippen MR) is 74.1 cm³/mol. The van der Waals surface area contributed by atoms with Crippen LogP contribution >= 0.6 is 0 Å². The first-order valence-electron chi connectivity index (χ1n) is 5.56. The van der Waals surface area contributed by atoms with Crippen LogP contribution in [0.15, 0.2) is 47.4 Å². The SMILES string of the molecule is Cc1ccccc1-c1cccc(N)c1S(C)(=O)=O. The second-order valence-electron chi connectivity index (χ2n) is 4.31. The van der Waals surface area contributed by atoms with Gasteiger partial charge in [-0.25, -0.2) is 8.42 Å². The van der Waals surface area contributed by atoms with Crippen molar-refractivity contribution >= 4 is 15.5 Å². The zero-order valence-electron chi connectivity index (χ0n) is 10.3. The van der Waals surface area contributed by atoms with E-state index in [-0.39, 0.29) is 4.90 Å². The lowest BCUT2D eigenvalue weighted by Gasteiger charge is -2.12. The fourth-order valence-corrected chi connectivity index (χ4v) is 3.13. The molecule has 0 bridgehead atoms. The van der Waals surface area contributed by atoms with E-state index in [1.807, 2.05) is 31.2 Å². The molecule has 0 spiro atoms. The second-order valence-corrected chi connectivity index (χ2v) is 6.26. The van der Waals surface area contributed by atoms with Gasteiger partial charge in [0.05, 0.1) is 10.6 Å². The van der Waals surface area contributed by atoms with Crippen molar-refractivity contribution in [1.29, 1.82) is 0 Å². The summed E-state index contributed by atoms with van der Waals surface area (Å²) in [5.74, 6) is 0. The van der Waals surface area contributed by atoms with E-state index in [9.17, 15) is 8.42 Å². The molecule has 0 saturated carbocycles. The summed E-state index contributed by atoms with van der Waals surface area (Å²) < 4.78 is 23.8. The lowest BCUT2D eigenvalue weighted by atomic mass is 10.0. The molecular formula is C14H15NO2S. The Labute approximate surface area is 107 Å². The molecule has 0 aliphatic rings. The van der Waals surface area contributed by atoms with Crippen molar-refractivity contribution in [2.24, 2.45) is 0 Å². The van der Waals surface area contributed by atoms with Crippen molar-refractivity contribution in [1.82, 2.24) is 0 Å². The average molecular weight is 261 g/mol. The van der Waals surface area contributed by atoms with Gasteiger partial charge >= 0.3 is 0 Å². The van der Waals surface area contributed by atoms with Gasteiger partial charge in [-0.3, -0.25) is 0 Å². The minimum Gasteiger partial charge on any atom is -0.398 e. The van der Waals surface area contributed by atoms with Crippen molar-refractivity contribution < 1.29 is 8.42 Å². The van der Waals surface area contributed by atoms with Gasteiger partial charge in [-0.2, -0.15) is 0 Å². The lowest BCUT2D eigenvalue weighted by Crippen LogP contribution is -2.05. The number of anilines is 1. The molecule has 0 aliphatic heterocycles. The van der Waals surface area contributed by atoms with Crippen LogP contribution in [0.2, 0.25) is 0 Å². The first-order valence-corrected chi connectivity index (χ1v) is 7.45. The van der Waals surface area contributed by atoms with Crippen LogP contribution in [0.4, 0.5) is 5.69 Å². The summed E-state index contributed by atoms with van der Waals surface area (Å²) in [6.45, 7) is 1.95. The van der Waals surface area contributed by atoms with Gasteiger partial charge in [-0.15, -0.1) is 0 Å². The van der Waals surface area contributed by atoms with Gasteiger partial charge in [-0.05, 0) is 24.1 Å². The molecular weight excluding hydrogens is 246 g/mol. The highest BCUT2D eigenvalue weighted by atomic mass is 32.2. The molecule has 0 saturated heterocycles. The summed E-state index contributed by atoms with van der Waals surface area (Å²) in [7, 11) is -3.35. The fourth-order valence-electron chi connectivity index (χ4n) is 2.06. The number of aryl methyl sites for hydroxylation is 1. The number of sulfone groups is 1. The largest absolute Gasteiger partial charge is 0.398 e. The molecule has 0 atom stereocenters. The van der Waals surface area contributed by atoms with Crippen LogP contribution in [0.1, 0.15) is 5.56 Å². The van der Waals surface area contributed by atoms with Crippen molar-refractivity contribution in [3.05, 3.63) is 48.0 Å². The van der Waals surface area contributed by atoms with E-state index in [0.717, 1.165) is 11.1 Å². The zero-order valence-corrected chi connectivity index (χ0v) is 11.2. The average Bonchev–Trinajstić information content (AvgIpc) is 2.27. The Bertz CT molecular complexity index is 691. The van der Waals surface area contributed by atoms with Crippen LogP contribution in [0.25, 0.3) is 11.1 Å². The Balaban J connectivity index is 2.82. The molecule has 94 valence electrons. The predicted octanol–water partition coefficient (Wildman–Crippen LogP) is 2.65. The number of hydrogen-bond donors (Lipinski definition) is 1. The fraction of sp³-hybridized carbons (Fsp3) is 0.143. The van der Waals surface area contributed by atoms with E-state index in [4.69, 9.17) is 5.73 Å². The molecule has 3 nitrogen and oxygen atoms in total. The maximum atomic E-state index is 11.9. The molecule has 2 aromatic rings. The van der Waals surface area contributed by atoms with E-state index in [2.05, 4.69) is 0 Å². The quantitative estimate of drug-likeness (QED) is 0.845. The van der Waals surface area contributed by atoms with Crippen molar-refractivity contribution in [2.45, 2.75) is 11.8 Å². The van der Waals surface area contributed by atoms with Crippen LogP contribution < -0.4 is 5.73 Å². The van der Waals surface area contributed by atoms with Gasteiger partial charge in [-0.1, -0.05) is 36.4 Å². The van der Waals surface area contributed by atoms with Crippen molar-refractivity contribution in [2.75, 3.05) is 12.0 Å². The maximum Gasteiger partial charge on any atom is 0.178 e. The molecule has 0 amide bonds. The smallest absolute Gasteiger partial charge is 0.178 e. The van der Waals surface area contributed by atoms with E-state index >= 15 is 0 Å². The maximum absolute atomic E-state index is 11.9. The first kappa shape index (κ1) is 12.6. The number of nitrogens with two attached hydrogens (primary N) is 1. The summed E-state index contributed by atoms with van der Waals surface area (Å²) >= 11 is 0. The Morgan fingerprint density at radius 1 is 0.944 bits per heavy atom. The van der Waals surface area contributed by atoms with Gasteiger partial charge in [0.25, 0.3) is 0 Å². The highest BCUT2D eigenvalue weighted by Gasteiger charge is 2.18. The molecule has 0 heterocycles. The van der Waals surface area contributed by atoms with Crippen LogP contribution in [0.3, 0.4) is 0 Å². The molecule has 2 aromatic carbocycles. The zero-order chi connectivity index (χ0) is 13.3. The first-order chi connectivity index (χ1) is 8.41. The summed E-state index contributed by atoms with van der Waals surface area (Å²) in [5, 5.41) is 0. The minimum atomic E-state index is -3.35. The topological polar surface area (TPSA) is 60.2 Å². The standard InChI is InChI=1S/C14H15NO2S/c1-10-6-3-4-7-11(10)12-8-5-9-13(15)14(12)18(2,16)17/h3-9H,15H2,1-2H3. The van der Waals surface area contributed by atoms with Gasteiger partial charge < -0.3 is 5.73 Å². The Morgan fingerprint density at radius 2 is 1.56 bits per heavy atom. The molecule has 4 heteroatoms. The summed E-state index contributed by atoms with van der Waals surface area (Å²) in [6.07, 6.45) is 1.18. The number of rotatable bonds is 2. The molecule has 0 aliphatic carbocycles. The van der Waals surface area contributed by atoms with E-state index in [0.29, 0.717) is 11.3 Å². The second kappa shape index (κ2) is 4.46. The number of nitrogen functional groups attached to an aromatic ring is 1. The van der Waals surface area contributed by atoms with E-state index in [1.54, 1.807) is 18.2 Å². The third-order valence-electron chi connectivity index (χ3n) is 2.85. The number of benzene rings is 2. The molecule has 18 heavy (non-hydrogen) atoms. The summed E-state index contributed by atoms with van der Waals surface area (Å²) in [5.41, 5.74) is 8.68. The Hall–Kier alpha value is -1.81. The van der Waals surface area contributed by atoms with Gasteiger partial charge in [0.15, 0.2) is 9.84 Å². The Kier molecular flexibility index (Phi) is 3.13. The summed E-state index contributed by atoms with van der Waals surface area (Å²) in [4.78, 5) is 0.208. The molecule has 0 unspecified atom stereocenters. The molecule has 0 fully saturated rings. The van der Waals surface area contributed by atoms with Crippen LogP contribution in [0, 0.1) is 6.92 Å². The molecule has 0 aromatic heterocycles. The van der Waals surface area contributed by atoms with Crippen LogP contribution in [0.5, 0.6) is 0 Å². The minimum absolute atomic E-state index is 0.208. The van der Waals surface area contributed by atoms with Gasteiger partial charge in [0, 0.05) is 11.8 Å². The normalized spacial score (nSPS) is 11.4. The van der Waals surface area contributed by atoms with E-state index < -0.39 is 9.84 Å². The number of hydrogen-bond acceptors (Lipinski definition) is 3. The molecule has 2 rings (SSSR count). The Morgan fingerprint density at radius 3 is 2.17 bits per heavy atom. The van der Waals surface area contributed by atoms with Crippen LogP contribution in [-0.2, 0) is 9.84 Å². The van der Waals surface area contributed by atoms with Crippen molar-refractivity contribution in [3.8, 4) is 11.1 Å². The van der Waals surface area contributed by atoms with E-state index in [1.165, 1.54) is 6.26 Å². The monoisotopic (exact) mass is 261 g/mol. The third kappa shape index (κ3) is 2.24. The summed E-state index contributed by atoms with van der Waals surface area (Å²) in [6, 6.07) is 12.8. The highest BCUT2D eigenvalue weighted by molar-refractivity contribution is 7.91. The third-order valence-corrected chi connectivity index (χ3v) is 4.05. The van der Waals surface area contributed by atoms with Gasteiger partial charge in [0.2, 0.25) is 0 Å². The van der Waals surface area contributed by atoms with Crippen LogP contribution in [-0.4, -0.2) is 14.7 Å². The molecule has 2 N–H and O–H groups in total. The van der Waals surface area contributed by atoms with Gasteiger partial charge in [0.1, 0.15) is 0 Å². The van der Waals surface area contributed by atoms with Crippen molar-refractivity contribution in [3.63, 3.8) is 0 Å². The lowest BCUT2D eigenvalue weighted by molar-refractivity contribution is 0.602.